The van der Waals surface area contributed by atoms with Crippen LogP contribution in [0.5, 0.6) is 0 Å². The first-order chi connectivity index (χ1) is 16.0. The summed E-state index contributed by atoms with van der Waals surface area (Å²) in [6.07, 6.45) is 0. The maximum Gasteiger partial charge on any atom is 0.281 e. The van der Waals surface area contributed by atoms with Gasteiger partial charge in [-0.05, 0) is 18.2 Å². The van der Waals surface area contributed by atoms with Crippen molar-refractivity contribution in [2.45, 2.75) is 0 Å². The van der Waals surface area contributed by atoms with Crippen LogP contribution >= 0.6 is 0 Å². The smallest absolute Gasteiger partial charge is 0.281 e. The molecule has 11 nitrogen and oxygen atoms in total. The first-order valence-electron chi connectivity index (χ1n) is 10.7. The van der Waals surface area contributed by atoms with Crippen molar-refractivity contribution >= 4 is 28.6 Å². The van der Waals surface area contributed by atoms with Crippen LogP contribution in [0.4, 0.5) is 17.1 Å². The molecule has 0 unspecified atom stereocenters. The van der Waals surface area contributed by atoms with Crippen molar-refractivity contribution in [1.29, 1.82) is 0 Å². The lowest BCUT2D eigenvalue weighted by molar-refractivity contribution is -0.385. The maximum absolute atomic E-state index is 13.5. The van der Waals surface area contributed by atoms with Crippen molar-refractivity contribution in [3.8, 4) is 0 Å². The zero-order valence-electron chi connectivity index (χ0n) is 18.0. The molecule has 0 atom stereocenters. The number of aliphatic hydroxyl groups is 2. The van der Waals surface area contributed by atoms with Crippen molar-refractivity contribution in [2.75, 3.05) is 63.1 Å². The minimum atomic E-state index is -0.657. The molecule has 3 rings (SSSR count). The normalized spacial score (nSPS) is 12.3. The van der Waals surface area contributed by atoms with Crippen LogP contribution in [0.2, 0.25) is 0 Å². The zero-order valence-corrected chi connectivity index (χ0v) is 18.0. The number of nitrogens with zero attached hydrogens (tertiary/aromatic N) is 1. The molecule has 2 aromatic carbocycles. The Hall–Kier alpha value is -3.38. The molecule has 0 fully saturated rings. The van der Waals surface area contributed by atoms with Crippen molar-refractivity contribution in [3.05, 3.63) is 62.7 Å². The van der Waals surface area contributed by atoms with E-state index in [1.165, 1.54) is 18.2 Å². The van der Waals surface area contributed by atoms with Gasteiger partial charge in [0, 0.05) is 62.3 Å². The second-order valence-corrected chi connectivity index (χ2v) is 7.33. The number of nitrogens with one attached hydrogen (secondary N) is 4. The van der Waals surface area contributed by atoms with Crippen LogP contribution < -0.4 is 21.3 Å². The van der Waals surface area contributed by atoms with E-state index in [2.05, 4.69) is 21.3 Å². The highest BCUT2D eigenvalue weighted by Crippen LogP contribution is 2.39. The first-order valence-corrected chi connectivity index (χ1v) is 10.7. The molecule has 1 aliphatic carbocycles. The Morgan fingerprint density at radius 3 is 1.79 bits per heavy atom. The third kappa shape index (κ3) is 5.34. The number of carbonyl (C=O) groups excluding carboxylic acids is 2. The summed E-state index contributed by atoms with van der Waals surface area (Å²) >= 11 is 0. The number of ketones is 2. The molecule has 0 bridgehead atoms. The summed E-state index contributed by atoms with van der Waals surface area (Å²) in [5.41, 5.74) is 0.518. The van der Waals surface area contributed by atoms with Gasteiger partial charge in [-0.15, -0.1) is 0 Å². The monoisotopic (exact) mass is 457 g/mol. The molecule has 11 heteroatoms. The van der Waals surface area contributed by atoms with Gasteiger partial charge in [0.2, 0.25) is 5.78 Å². The highest BCUT2D eigenvalue weighted by atomic mass is 16.6. The van der Waals surface area contributed by atoms with Gasteiger partial charge in [-0.25, -0.2) is 0 Å². The van der Waals surface area contributed by atoms with E-state index in [9.17, 15) is 19.7 Å². The molecular formula is C22H27N5O6. The van der Waals surface area contributed by atoms with Gasteiger partial charge in [-0.3, -0.25) is 19.7 Å². The topological polar surface area (TPSA) is 166 Å². The van der Waals surface area contributed by atoms with Gasteiger partial charge in [0.25, 0.3) is 5.69 Å². The Kier molecular flexibility index (Phi) is 8.44. The Morgan fingerprint density at radius 1 is 0.727 bits per heavy atom. The molecule has 176 valence electrons. The molecule has 33 heavy (non-hydrogen) atoms. The molecule has 2 aromatic rings. The Morgan fingerprint density at radius 2 is 1.27 bits per heavy atom. The van der Waals surface area contributed by atoms with Crippen molar-refractivity contribution in [3.63, 3.8) is 0 Å². The van der Waals surface area contributed by atoms with E-state index >= 15 is 0 Å². The molecule has 0 heterocycles. The maximum atomic E-state index is 13.5. The number of nitro benzene ring substituents is 1. The molecule has 0 aromatic heterocycles. The van der Waals surface area contributed by atoms with Crippen LogP contribution in [0.25, 0.3) is 0 Å². The first kappa shape index (κ1) is 24.3. The van der Waals surface area contributed by atoms with E-state index in [-0.39, 0.29) is 35.5 Å². The quantitative estimate of drug-likeness (QED) is 0.120. The second-order valence-electron chi connectivity index (χ2n) is 7.33. The average Bonchev–Trinajstić information content (AvgIpc) is 2.82. The van der Waals surface area contributed by atoms with E-state index in [4.69, 9.17) is 10.2 Å². The number of hydrogen-bond donors (Lipinski definition) is 6. The summed E-state index contributed by atoms with van der Waals surface area (Å²) in [6.45, 7) is 2.73. The number of carbonyl (C=O) groups is 2. The standard InChI is InChI=1S/C22H27N5O6/c28-12-10-23-6-8-25-15-4-5-16(26-9-7-24-11-13-29)20-19(15)21(30)14-2-1-3-17(27(32)33)18(14)22(20)31/h1-5,23-26,28-29H,6-13H2. The van der Waals surface area contributed by atoms with Gasteiger partial charge in [0.1, 0.15) is 5.56 Å². The minimum Gasteiger partial charge on any atom is -0.395 e. The van der Waals surface area contributed by atoms with Gasteiger partial charge in [-0.2, -0.15) is 0 Å². The van der Waals surface area contributed by atoms with Crippen molar-refractivity contribution < 1.29 is 24.7 Å². The molecule has 0 spiro atoms. The minimum absolute atomic E-state index is 0.00361. The predicted molar refractivity (Wildman–Crippen MR) is 123 cm³/mol. The Bertz CT molecular complexity index is 1040. The number of rotatable bonds is 13. The lowest BCUT2D eigenvalue weighted by Crippen LogP contribution is -2.29. The van der Waals surface area contributed by atoms with Gasteiger partial charge < -0.3 is 31.5 Å². The summed E-state index contributed by atoms with van der Waals surface area (Å²) < 4.78 is 0. The third-order valence-corrected chi connectivity index (χ3v) is 5.18. The van der Waals surface area contributed by atoms with Crippen LogP contribution in [-0.4, -0.2) is 79.2 Å². The lowest BCUT2D eigenvalue weighted by atomic mass is 9.81. The summed E-state index contributed by atoms with van der Waals surface area (Å²) in [5.74, 6) is -1.05. The van der Waals surface area contributed by atoms with Crippen LogP contribution in [-0.2, 0) is 0 Å². The zero-order chi connectivity index (χ0) is 23.8. The summed E-state index contributed by atoms with van der Waals surface area (Å²) in [6, 6.07) is 7.40. The molecule has 6 N–H and O–H groups in total. The largest absolute Gasteiger partial charge is 0.395 e. The van der Waals surface area contributed by atoms with E-state index in [0.717, 1.165) is 0 Å². The highest BCUT2D eigenvalue weighted by molar-refractivity contribution is 6.33. The number of benzene rings is 2. The van der Waals surface area contributed by atoms with Gasteiger partial charge in [0.05, 0.1) is 29.3 Å². The summed E-state index contributed by atoms with van der Waals surface area (Å²) in [7, 11) is 0. The van der Waals surface area contributed by atoms with Crippen LogP contribution in [0, 0.1) is 10.1 Å². The highest BCUT2D eigenvalue weighted by Gasteiger charge is 2.38. The Labute approximate surface area is 190 Å². The summed E-state index contributed by atoms with van der Waals surface area (Å²) in [5, 5.41) is 41.6. The van der Waals surface area contributed by atoms with Crippen molar-refractivity contribution in [2.24, 2.45) is 0 Å². The fourth-order valence-corrected chi connectivity index (χ4v) is 3.73. The van der Waals surface area contributed by atoms with Crippen molar-refractivity contribution in [1.82, 2.24) is 10.6 Å². The van der Waals surface area contributed by atoms with E-state index < -0.39 is 22.2 Å². The Balaban J connectivity index is 1.99. The number of hydrogen-bond acceptors (Lipinski definition) is 10. The van der Waals surface area contributed by atoms with E-state index in [1.807, 2.05) is 0 Å². The molecule has 0 aliphatic heterocycles. The number of anilines is 2. The molecule has 1 aliphatic rings. The fourth-order valence-electron chi connectivity index (χ4n) is 3.73. The predicted octanol–water partition coefficient (Wildman–Crippen LogP) is 0.358. The van der Waals surface area contributed by atoms with E-state index in [0.29, 0.717) is 50.6 Å². The number of aliphatic hydroxyl groups excluding tert-OH is 2. The van der Waals surface area contributed by atoms with Gasteiger partial charge in [-0.1, -0.05) is 6.07 Å². The molecule has 0 saturated carbocycles. The van der Waals surface area contributed by atoms with E-state index in [1.54, 1.807) is 12.1 Å². The molecular weight excluding hydrogens is 430 g/mol. The molecule has 0 saturated heterocycles. The fraction of sp³-hybridized carbons (Fsp3) is 0.364. The number of nitro groups is 1. The summed E-state index contributed by atoms with van der Waals surface area (Å²) in [4.78, 5) is 37.8. The second kappa shape index (κ2) is 11.5. The SMILES string of the molecule is O=C1c2cccc([N+](=O)[O-])c2C(=O)c2c(NCCNCCO)ccc(NCCNCCO)c21. The molecule has 0 amide bonds. The third-order valence-electron chi connectivity index (χ3n) is 5.18. The lowest BCUT2D eigenvalue weighted by Gasteiger charge is -2.24. The number of fused-ring (bicyclic) bond motifs is 2. The van der Waals surface area contributed by atoms with Crippen LogP contribution in [0.3, 0.4) is 0 Å². The molecule has 0 radical (unpaired) electrons. The average molecular weight is 457 g/mol. The van der Waals surface area contributed by atoms with Gasteiger partial charge in [0.15, 0.2) is 5.78 Å². The van der Waals surface area contributed by atoms with Crippen LogP contribution in [0.15, 0.2) is 30.3 Å². The van der Waals surface area contributed by atoms with Crippen LogP contribution in [0.1, 0.15) is 31.8 Å². The van der Waals surface area contributed by atoms with Gasteiger partial charge >= 0.3 is 0 Å².